The van der Waals surface area contributed by atoms with Gasteiger partial charge in [-0.2, -0.15) is 16.8 Å². The largest absolute Gasteiger partial charge is 0.291 e. The van der Waals surface area contributed by atoms with Crippen molar-refractivity contribution in [1.29, 1.82) is 0 Å². The number of hydrogen-bond acceptors (Lipinski definition) is 10. The summed E-state index contributed by atoms with van der Waals surface area (Å²) in [5, 5.41) is -1.02. The van der Waals surface area contributed by atoms with Crippen molar-refractivity contribution in [2.75, 3.05) is 0 Å². The smallest absolute Gasteiger partial charge is 0.272 e. The van der Waals surface area contributed by atoms with Crippen LogP contribution in [0.25, 0.3) is 0 Å². The molecule has 0 N–H and O–H groups in total. The fourth-order valence-corrected chi connectivity index (χ4v) is 9.07. The predicted molar refractivity (Wildman–Crippen MR) is 121 cm³/mol. The van der Waals surface area contributed by atoms with Gasteiger partial charge in [0.2, 0.25) is 0 Å². The maximum absolute atomic E-state index is 13.0. The van der Waals surface area contributed by atoms with Crippen LogP contribution in [-0.4, -0.2) is 61.1 Å². The van der Waals surface area contributed by atoms with Crippen LogP contribution in [0.4, 0.5) is 0 Å². The summed E-state index contributed by atoms with van der Waals surface area (Å²) in [5.74, 6) is -7.60. The monoisotopic (exact) mass is 546 g/mol. The van der Waals surface area contributed by atoms with Crippen molar-refractivity contribution in [3.8, 4) is 0 Å². The molecule has 14 heteroatoms. The first kappa shape index (κ1) is 25.7. The third kappa shape index (κ3) is 4.39. The molecule has 4 amide bonds. The summed E-state index contributed by atoms with van der Waals surface area (Å²) in [6, 6.07) is 0. The molecule has 5 rings (SSSR count). The summed E-state index contributed by atoms with van der Waals surface area (Å²) in [6.07, 6.45) is 5.82. The Hall–Kier alpha value is -1.90. The second kappa shape index (κ2) is 9.44. The van der Waals surface area contributed by atoms with Crippen LogP contribution in [0.15, 0.2) is 0 Å². The Bertz CT molecular complexity index is 1040. The molecule has 200 valence electrons. The summed E-state index contributed by atoms with van der Waals surface area (Å²) in [5.41, 5.74) is 0. The van der Waals surface area contributed by atoms with Crippen LogP contribution in [0.3, 0.4) is 0 Å². The molecule has 0 bridgehead atoms. The van der Waals surface area contributed by atoms with Crippen molar-refractivity contribution in [3.63, 3.8) is 0 Å². The van der Waals surface area contributed by atoms with Gasteiger partial charge >= 0.3 is 0 Å². The van der Waals surface area contributed by atoms with E-state index in [1.807, 2.05) is 0 Å². The molecule has 3 saturated carbocycles. The fourth-order valence-electron chi connectivity index (χ4n) is 6.30. The Morgan fingerprint density at radius 2 is 0.778 bits per heavy atom. The molecule has 4 atom stereocenters. The first-order valence-corrected chi connectivity index (χ1v) is 15.6. The molecule has 0 aromatic carbocycles. The highest BCUT2D eigenvalue weighted by Crippen LogP contribution is 2.48. The highest BCUT2D eigenvalue weighted by atomic mass is 32.2. The second-order valence-corrected chi connectivity index (χ2v) is 14.1. The van der Waals surface area contributed by atoms with E-state index in [4.69, 9.17) is 8.57 Å². The van der Waals surface area contributed by atoms with Crippen LogP contribution < -0.4 is 0 Å². The van der Waals surface area contributed by atoms with E-state index in [0.29, 0.717) is 51.4 Å². The topological polar surface area (TPSA) is 161 Å². The maximum Gasteiger partial charge on any atom is 0.291 e. The third-order valence-electron chi connectivity index (χ3n) is 8.33. The third-order valence-corrected chi connectivity index (χ3v) is 11.6. The highest BCUT2D eigenvalue weighted by molar-refractivity contribution is 7.87. The van der Waals surface area contributed by atoms with Crippen LogP contribution in [0.2, 0.25) is 0 Å². The molecule has 0 radical (unpaired) electrons. The number of nitrogens with zero attached hydrogens (tertiary/aromatic N) is 2. The lowest BCUT2D eigenvalue weighted by Crippen LogP contribution is -2.39. The Morgan fingerprint density at radius 3 is 1.06 bits per heavy atom. The molecule has 3 aliphatic carbocycles. The fraction of sp³-hybridized carbons (Fsp3) is 0.818. The SMILES string of the molecule is O=C1C2CC3C(=O)N(OS(=O)(=O)C4CCCCC4)C(=O)C3CC2C(=O)N1OS(=O)(=O)C1CCCCC1. The van der Waals surface area contributed by atoms with E-state index >= 15 is 0 Å². The molecule has 0 spiro atoms. The number of hydrogen-bond donors (Lipinski definition) is 0. The normalized spacial score (nSPS) is 32.8. The summed E-state index contributed by atoms with van der Waals surface area (Å²) < 4.78 is 60.8. The van der Waals surface area contributed by atoms with Crippen LogP contribution in [-0.2, 0) is 48.0 Å². The van der Waals surface area contributed by atoms with Gasteiger partial charge in [-0.15, -0.1) is 18.7 Å². The number of imide groups is 2. The van der Waals surface area contributed by atoms with Crippen LogP contribution in [0.5, 0.6) is 0 Å². The number of rotatable bonds is 6. The molecule has 5 fully saturated rings. The van der Waals surface area contributed by atoms with Crippen LogP contribution in [0, 0.1) is 23.7 Å². The van der Waals surface area contributed by atoms with E-state index in [1.54, 1.807) is 0 Å². The first-order chi connectivity index (χ1) is 17.0. The summed E-state index contributed by atoms with van der Waals surface area (Å²) in [7, 11) is -8.40. The van der Waals surface area contributed by atoms with Gasteiger partial charge in [-0.1, -0.05) is 38.5 Å². The van der Waals surface area contributed by atoms with Gasteiger partial charge in [-0.05, 0) is 38.5 Å². The lowest BCUT2D eigenvalue weighted by Gasteiger charge is -2.27. The van der Waals surface area contributed by atoms with Gasteiger partial charge < -0.3 is 0 Å². The first-order valence-electron chi connectivity index (χ1n) is 12.6. The minimum absolute atomic E-state index is 0.197. The number of carbonyl (C=O) groups excluding carboxylic acids is 4. The van der Waals surface area contributed by atoms with E-state index in [1.165, 1.54) is 0 Å². The number of hydroxylamine groups is 4. The molecule has 2 saturated heterocycles. The van der Waals surface area contributed by atoms with E-state index in [0.717, 1.165) is 12.8 Å². The van der Waals surface area contributed by atoms with Crippen LogP contribution in [0.1, 0.15) is 77.0 Å². The zero-order chi connectivity index (χ0) is 25.8. The molecule has 2 aliphatic heterocycles. The van der Waals surface area contributed by atoms with Crippen molar-refractivity contribution >= 4 is 43.9 Å². The molecule has 12 nitrogen and oxygen atoms in total. The Balaban J connectivity index is 1.29. The van der Waals surface area contributed by atoms with Gasteiger partial charge in [-0.25, -0.2) is 0 Å². The minimum Gasteiger partial charge on any atom is -0.272 e. The Morgan fingerprint density at radius 1 is 0.500 bits per heavy atom. The number of carbonyl (C=O) groups is 4. The number of fused-ring (bicyclic) bond motifs is 2. The molecule has 36 heavy (non-hydrogen) atoms. The molecular formula is C22H30N2O10S2. The average molecular weight is 547 g/mol. The van der Waals surface area contributed by atoms with Gasteiger partial charge in [0.1, 0.15) is 0 Å². The molecular weight excluding hydrogens is 516 g/mol. The maximum atomic E-state index is 13.0. The zero-order valence-electron chi connectivity index (χ0n) is 19.7. The van der Waals surface area contributed by atoms with Crippen molar-refractivity contribution in [2.45, 2.75) is 87.5 Å². The quantitative estimate of drug-likeness (QED) is 0.442. The predicted octanol–water partition coefficient (Wildman–Crippen LogP) is 1.17. The molecule has 0 aromatic rings. The van der Waals surface area contributed by atoms with E-state index < -0.39 is 78.0 Å². The minimum atomic E-state index is -4.20. The van der Waals surface area contributed by atoms with Crippen molar-refractivity contribution in [1.82, 2.24) is 10.1 Å². The summed E-state index contributed by atoms with van der Waals surface area (Å²) >= 11 is 0. The summed E-state index contributed by atoms with van der Waals surface area (Å²) in [4.78, 5) is 51.9. The van der Waals surface area contributed by atoms with Crippen molar-refractivity contribution in [2.24, 2.45) is 23.7 Å². The van der Waals surface area contributed by atoms with Gasteiger partial charge in [0.05, 0.1) is 34.2 Å². The van der Waals surface area contributed by atoms with E-state index in [2.05, 4.69) is 0 Å². The summed E-state index contributed by atoms with van der Waals surface area (Å²) in [6.45, 7) is 0. The van der Waals surface area contributed by atoms with E-state index in [-0.39, 0.29) is 23.0 Å². The molecule has 0 aromatic heterocycles. The van der Waals surface area contributed by atoms with Crippen molar-refractivity contribution in [3.05, 3.63) is 0 Å². The lowest BCUT2D eigenvalue weighted by atomic mass is 9.70. The second-order valence-electron chi connectivity index (χ2n) is 10.5. The average Bonchev–Trinajstić information content (AvgIpc) is 3.23. The highest BCUT2D eigenvalue weighted by Gasteiger charge is 2.62. The van der Waals surface area contributed by atoms with Gasteiger partial charge in [0, 0.05) is 0 Å². The van der Waals surface area contributed by atoms with Crippen LogP contribution >= 0.6 is 0 Å². The van der Waals surface area contributed by atoms with Gasteiger partial charge in [0.15, 0.2) is 0 Å². The molecule has 4 unspecified atom stereocenters. The Labute approximate surface area is 209 Å². The molecule has 2 heterocycles. The lowest BCUT2D eigenvalue weighted by molar-refractivity contribution is -0.166. The van der Waals surface area contributed by atoms with E-state index in [9.17, 15) is 36.0 Å². The van der Waals surface area contributed by atoms with Crippen molar-refractivity contribution < 1.29 is 44.6 Å². The Kier molecular flexibility index (Phi) is 6.75. The standard InChI is InChI=1S/C22H30N2O10S2/c25-19-15-11-17-18(22(28)24(21(17)27)34-36(31,32)14-9-5-2-6-10-14)12-16(15)20(26)23(19)33-35(29,30)13-7-3-1-4-8-13/h13-18H,1-12H2. The van der Waals surface area contributed by atoms with Gasteiger partial charge in [-0.3, -0.25) is 19.2 Å². The van der Waals surface area contributed by atoms with Gasteiger partial charge in [0.25, 0.3) is 43.9 Å². The zero-order valence-corrected chi connectivity index (χ0v) is 21.4. The molecule has 5 aliphatic rings. The number of amides is 4.